The van der Waals surface area contributed by atoms with Gasteiger partial charge in [-0.25, -0.2) is 0 Å². The van der Waals surface area contributed by atoms with Crippen LogP contribution >= 0.6 is 11.6 Å². The van der Waals surface area contributed by atoms with Gasteiger partial charge in [-0.1, -0.05) is 23.7 Å². The van der Waals surface area contributed by atoms with Crippen LogP contribution in [0.5, 0.6) is 11.5 Å². The number of hydrogen-bond donors (Lipinski definition) is 3. The monoisotopic (exact) mass is 376 g/mol. The maximum atomic E-state index is 12.2. The van der Waals surface area contributed by atoms with Gasteiger partial charge in [0.1, 0.15) is 0 Å². The number of hydrogen-bond acceptors (Lipinski definition) is 4. The minimum atomic E-state index is -0.216. The predicted octanol–water partition coefficient (Wildman–Crippen LogP) is 1.16. The predicted molar refractivity (Wildman–Crippen MR) is 97.9 cm³/mol. The van der Waals surface area contributed by atoms with Crippen LogP contribution in [0.3, 0.4) is 0 Å². The normalized spacial score (nSPS) is 13.2. The summed E-state index contributed by atoms with van der Waals surface area (Å²) in [5.41, 5.74) is 1.17. The number of ether oxygens (including phenoxy) is 2. The van der Waals surface area contributed by atoms with E-state index in [0.717, 1.165) is 4.90 Å². The molecule has 0 saturated heterocycles. The van der Waals surface area contributed by atoms with Crippen LogP contribution in [0.2, 0.25) is 5.02 Å². The van der Waals surface area contributed by atoms with E-state index < -0.39 is 0 Å². The Morgan fingerprint density at radius 3 is 2.50 bits per heavy atom. The van der Waals surface area contributed by atoms with Crippen LogP contribution in [0, 0.1) is 0 Å². The molecule has 0 aliphatic carbocycles. The zero-order valence-corrected chi connectivity index (χ0v) is 14.9. The van der Waals surface area contributed by atoms with E-state index >= 15 is 0 Å². The van der Waals surface area contributed by atoms with Crippen molar-refractivity contribution >= 4 is 34.8 Å². The number of fused-ring (bicyclic) bond motifs is 1. The Hall–Kier alpha value is -2.77. The molecule has 1 unspecified atom stereocenters. The van der Waals surface area contributed by atoms with Crippen molar-refractivity contribution in [1.82, 2.24) is 0 Å². The largest absolute Gasteiger partial charge is 0.454 e. The highest BCUT2D eigenvalue weighted by Gasteiger charge is 2.17. The number of rotatable bonds is 6. The Labute approximate surface area is 155 Å². The maximum absolute atomic E-state index is 12.2. The van der Waals surface area contributed by atoms with Gasteiger partial charge in [0.2, 0.25) is 6.79 Å². The third kappa shape index (κ3) is 4.65. The Morgan fingerprint density at radius 2 is 1.73 bits per heavy atom. The third-order valence-electron chi connectivity index (χ3n) is 3.73. The second-order valence-corrected chi connectivity index (χ2v) is 6.36. The van der Waals surface area contributed by atoms with Crippen molar-refractivity contribution in [3.8, 4) is 11.5 Å². The highest BCUT2D eigenvalue weighted by molar-refractivity contribution is 6.33. The van der Waals surface area contributed by atoms with E-state index in [0.29, 0.717) is 27.9 Å². The van der Waals surface area contributed by atoms with Crippen LogP contribution in [0.4, 0.5) is 11.4 Å². The Morgan fingerprint density at radius 1 is 1.04 bits per heavy atom. The molecule has 7 nitrogen and oxygen atoms in total. The number of halogens is 1. The SMILES string of the molecule is C[NH+](CC(=O)Nc1ccc2c(c1)OCO2)CC(=O)Nc1ccccc1Cl. The molecule has 0 fully saturated rings. The maximum Gasteiger partial charge on any atom is 0.279 e. The Kier molecular flexibility index (Phi) is 5.60. The number of carbonyl (C=O) groups is 2. The van der Waals surface area contributed by atoms with Gasteiger partial charge in [0.25, 0.3) is 11.8 Å². The second-order valence-electron chi connectivity index (χ2n) is 5.95. The lowest BCUT2D eigenvalue weighted by molar-refractivity contribution is -0.862. The van der Waals surface area contributed by atoms with E-state index in [-0.39, 0.29) is 31.7 Å². The van der Waals surface area contributed by atoms with Crippen LogP contribution in [0.25, 0.3) is 0 Å². The summed E-state index contributed by atoms with van der Waals surface area (Å²) in [5, 5.41) is 6.00. The number of nitrogens with one attached hydrogen (secondary N) is 3. The van der Waals surface area contributed by atoms with Crippen LogP contribution in [0.15, 0.2) is 42.5 Å². The van der Waals surface area contributed by atoms with Crippen molar-refractivity contribution in [2.45, 2.75) is 0 Å². The molecule has 3 N–H and O–H groups in total. The van der Waals surface area contributed by atoms with Crippen molar-refractivity contribution in [2.75, 3.05) is 37.6 Å². The van der Waals surface area contributed by atoms with Crippen LogP contribution in [-0.4, -0.2) is 38.7 Å². The van der Waals surface area contributed by atoms with E-state index in [1.54, 1.807) is 49.5 Å². The van der Waals surface area contributed by atoms with E-state index in [4.69, 9.17) is 21.1 Å². The minimum Gasteiger partial charge on any atom is -0.454 e. The van der Waals surface area contributed by atoms with Gasteiger partial charge in [0.15, 0.2) is 24.6 Å². The van der Waals surface area contributed by atoms with Gasteiger partial charge in [0, 0.05) is 11.8 Å². The van der Waals surface area contributed by atoms with Crippen molar-refractivity contribution in [2.24, 2.45) is 0 Å². The molecule has 1 aliphatic rings. The van der Waals surface area contributed by atoms with Crippen molar-refractivity contribution in [1.29, 1.82) is 0 Å². The number of likely N-dealkylation sites (N-methyl/N-ethyl adjacent to an activating group) is 1. The first-order chi connectivity index (χ1) is 12.5. The summed E-state index contributed by atoms with van der Waals surface area (Å²) in [6.45, 7) is 0.463. The van der Waals surface area contributed by atoms with Crippen molar-refractivity contribution < 1.29 is 24.0 Å². The van der Waals surface area contributed by atoms with Crippen molar-refractivity contribution in [3.63, 3.8) is 0 Å². The van der Waals surface area contributed by atoms with Gasteiger partial charge in [-0.15, -0.1) is 0 Å². The van der Waals surface area contributed by atoms with Crippen molar-refractivity contribution in [3.05, 3.63) is 47.5 Å². The summed E-state index contributed by atoms with van der Waals surface area (Å²) in [5.74, 6) is 0.836. The van der Waals surface area contributed by atoms with Crippen LogP contribution < -0.4 is 25.0 Å². The average Bonchev–Trinajstić information content (AvgIpc) is 3.04. The molecule has 3 rings (SSSR count). The minimum absolute atomic E-state index is 0.139. The molecule has 0 spiro atoms. The van der Waals surface area contributed by atoms with Gasteiger partial charge in [0.05, 0.1) is 17.8 Å². The lowest BCUT2D eigenvalue weighted by atomic mass is 10.2. The molecular weight excluding hydrogens is 358 g/mol. The standard InChI is InChI=1S/C18H18ClN3O4/c1-22(10-18(24)21-14-5-3-2-4-13(14)19)9-17(23)20-12-6-7-15-16(8-12)26-11-25-15/h2-8H,9-11H2,1H3,(H,20,23)(H,21,24)/p+1. The number of anilines is 2. The van der Waals surface area contributed by atoms with Gasteiger partial charge >= 0.3 is 0 Å². The van der Waals surface area contributed by atoms with E-state index in [9.17, 15) is 9.59 Å². The summed E-state index contributed by atoms with van der Waals surface area (Å²) < 4.78 is 10.5. The van der Waals surface area contributed by atoms with Crippen LogP contribution in [-0.2, 0) is 9.59 Å². The number of quaternary nitrogens is 1. The lowest BCUT2D eigenvalue weighted by Crippen LogP contribution is -3.11. The summed E-state index contributed by atoms with van der Waals surface area (Å²) >= 11 is 6.01. The molecule has 136 valence electrons. The van der Waals surface area contributed by atoms with Crippen LogP contribution in [0.1, 0.15) is 0 Å². The molecule has 2 aromatic rings. The molecule has 26 heavy (non-hydrogen) atoms. The van der Waals surface area contributed by atoms with E-state index in [1.165, 1.54) is 0 Å². The lowest BCUT2D eigenvalue weighted by Gasteiger charge is -2.14. The summed E-state index contributed by atoms with van der Waals surface area (Å²) in [4.78, 5) is 25.0. The van der Waals surface area contributed by atoms with Gasteiger partial charge in [-0.3, -0.25) is 9.59 Å². The first-order valence-corrected chi connectivity index (χ1v) is 8.44. The fourth-order valence-corrected chi connectivity index (χ4v) is 2.73. The average molecular weight is 377 g/mol. The number of para-hydroxylation sites is 1. The molecule has 0 aromatic heterocycles. The number of amides is 2. The fourth-order valence-electron chi connectivity index (χ4n) is 2.55. The summed E-state index contributed by atoms with van der Waals surface area (Å²) in [6.07, 6.45) is 0. The summed E-state index contributed by atoms with van der Waals surface area (Å²) in [6, 6.07) is 12.2. The Bertz CT molecular complexity index is 828. The second kappa shape index (κ2) is 8.07. The number of benzene rings is 2. The molecule has 1 atom stereocenters. The molecule has 2 amide bonds. The molecule has 2 aromatic carbocycles. The first-order valence-electron chi connectivity index (χ1n) is 8.06. The molecular formula is C18H19ClN3O4+. The molecule has 0 radical (unpaired) electrons. The summed E-state index contributed by atoms with van der Waals surface area (Å²) in [7, 11) is 1.77. The number of carbonyl (C=O) groups excluding carboxylic acids is 2. The van der Waals surface area contributed by atoms with E-state index in [2.05, 4.69) is 10.6 Å². The molecule has 1 heterocycles. The quantitative estimate of drug-likeness (QED) is 0.706. The first kappa shape index (κ1) is 18.0. The molecule has 0 bridgehead atoms. The van der Waals surface area contributed by atoms with Gasteiger partial charge in [-0.2, -0.15) is 0 Å². The zero-order valence-electron chi connectivity index (χ0n) is 14.2. The molecule has 0 saturated carbocycles. The highest BCUT2D eigenvalue weighted by Crippen LogP contribution is 2.34. The van der Waals surface area contributed by atoms with Gasteiger partial charge < -0.3 is 25.0 Å². The fraction of sp³-hybridized carbons (Fsp3) is 0.222. The third-order valence-corrected chi connectivity index (χ3v) is 4.06. The highest BCUT2D eigenvalue weighted by atomic mass is 35.5. The molecule has 8 heteroatoms. The van der Waals surface area contributed by atoms with E-state index in [1.807, 2.05) is 0 Å². The Balaban J connectivity index is 1.48. The topological polar surface area (TPSA) is 81.1 Å². The zero-order chi connectivity index (χ0) is 18.5. The van der Waals surface area contributed by atoms with Gasteiger partial charge in [-0.05, 0) is 24.3 Å². The smallest absolute Gasteiger partial charge is 0.279 e. The molecule has 1 aliphatic heterocycles.